The molecule has 0 aromatic heterocycles. The number of para-hydroxylation sites is 1. The van der Waals surface area contributed by atoms with Crippen molar-refractivity contribution in [1.82, 2.24) is 0 Å². The molecule has 0 atom stereocenters. The fourth-order valence-electron chi connectivity index (χ4n) is 4.33. The molecule has 1 aliphatic carbocycles. The van der Waals surface area contributed by atoms with Gasteiger partial charge in [0, 0.05) is 16.8 Å². The molecule has 0 heterocycles. The van der Waals surface area contributed by atoms with Crippen molar-refractivity contribution in [3.05, 3.63) is 108 Å². The first-order chi connectivity index (χ1) is 13.6. The lowest BCUT2D eigenvalue weighted by molar-refractivity contribution is 0.660. The van der Waals surface area contributed by atoms with Gasteiger partial charge in [-0.2, -0.15) is 0 Å². The highest BCUT2D eigenvalue weighted by Crippen LogP contribution is 2.50. The first kappa shape index (κ1) is 16.8. The summed E-state index contributed by atoms with van der Waals surface area (Å²) in [6.07, 6.45) is 0. The highest BCUT2D eigenvalue weighted by molar-refractivity contribution is 5.86. The molecule has 4 aromatic rings. The van der Waals surface area contributed by atoms with Gasteiger partial charge in [0.2, 0.25) is 0 Å². The molecule has 4 aromatic carbocycles. The molecule has 0 unspecified atom stereocenters. The van der Waals surface area contributed by atoms with E-state index < -0.39 is 0 Å². The highest BCUT2D eigenvalue weighted by atomic mass is 14.9. The van der Waals surface area contributed by atoms with Crippen LogP contribution >= 0.6 is 0 Å². The Morgan fingerprint density at radius 1 is 0.536 bits per heavy atom. The van der Waals surface area contributed by atoms with Crippen LogP contribution in [-0.2, 0) is 5.41 Å². The van der Waals surface area contributed by atoms with Gasteiger partial charge in [0.25, 0.3) is 0 Å². The van der Waals surface area contributed by atoms with E-state index in [0.29, 0.717) is 0 Å². The van der Waals surface area contributed by atoms with E-state index in [1.165, 1.54) is 33.4 Å². The van der Waals surface area contributed by atoms with Gasteiger partial charge >= 0.3 is 0 Å². The molecule has 0 fully saturated rings. The Morgan fingerprint density at radius 3 is 2.00 bits per heavy atom. The van der Waals surface area contributed by atoms with Crippen LogP contribution in [0.25, 0.3) is 22.3 Å². The molecule has 0 saturated carbocycles. The van der Waals surface area contributed by atoms with Crippen LogP contribution in [0.5, 0.6) is 0 Å². The van der Waals surface area contributed by atoms with Gasteiger partial charge in [-0.15, -0.1) is 0 Å². The van der Waals surface area contributed by atoms with Crippen molar-refractivity contribution in [2.24, 2.45) is 0 Å². The molecule has 0 saturated heterocycles. The fraction of sp³-hybridized carbons (Fsp3) is 0.111. The zero-order chi connectivity index (χ0) is 19.1. The van der Waals surface area contributed by atoms with Crippen molar-refractivity contribution in [3.63, 3.8) is 0 Å². The standard InChI is InChI=1S/C27H23N/c1-27(2)25-16-13-20(19-9-5-3-6-10-19)17-24(25)23-15-14-22(18-26(23)27)28-21-11-7-4-8-12-21/h3-18,28H,1-2H3. The monoisotopic (exact) mass is 361 g/mol. The summed E-state index contributed by atoms with van der Waals surface area (Å²) in [4.78, 5) is 0. The lowest BCUT2D eigenvalue weighted by atomic mass is 9.82. The maximum atomic E-state index is 3.54. The smallest absolute Gasteiger partial charge is 0.0387 e. The van der Waals surface area contributed by atoms with Crippen LogP contribution in [0.1, 0.15) is 25.0 Å². The summed E-state index contributed by atoms with van der Waals surface area (Å²) in [6.45, 7) is 4.65. The Labute approximate surface area is 166 Å². The highest BCUT2D eigenvalue weighted by Gasteiger charge is 2.35. The van der Waals surface area contributed by atoms with Gasteiger partial charge in [-0.3, -0.25) is 0 Å². The minimum Gasteiger partial charge on any atom is -0.356 e. The maximum absolute atomic E-state index is 3.54. The summed E-state index contributed by atoms with van der Waals surface area (Å²) in [7, 11) is 0. The molecular weight excluding hydrogens is 338 g/mol. The second kappa shape index (κ2) is 6.38. The minimum atomic E-state index is -0.00569. The Morgan fingerprint density at radius 2 is 1.25 bits per heavy atom. The molecule has 0 aliphatic heterocycles. The van der Waals surface area contributed by atoms with Crippen molar-refractivity contribution in [2.75, 3.05) is 5.32 Å². The molecule has 0 bridgehead atoms. The van der Waals surface area contributed by atoms with Gasteiger partial charge in [-0.05, 0) is 63.7 Å². The molecule has 0 radical (unpaired) electrons. The molecule has 0 amide bonds. The minimum absolute atomic E-state index is 0.00569. The molecule has 0 spiro atoms. The molecule has 1 nitrogen and oxygen atoms in total. The predicted molar refractivity (Wildman–Crippen MR) is 119 cm³/mol. The average Bonchev–Trinajstić information content (AvgIpc) is 2.96. The largest absolute Gasteiger partial charge is 0.356 e. The van der Waals surface area contributed by atoms with E-state index in [0.717, 1.165) is 11.4 Å². The van der Waals surface area contributed by atoms with Gasteiger partial charge in [0.05, 0.1) is 0 Å². The Bertz CT molecular complexity index is 1140. The summed E-state index contributed by atoms with van der Waals surface area (Å²) >= 11 is 0. The zero-order valence-electron chi connectivity index (χ0n) is 16.2. The number of nitrogens with one attached hydrogen (secondary N) is 1. The number of hydrogen-bond donors (Lipinski definition) is 1. The third-order valence-electron chi connectivity index (χ3n) is 5.85. The van der Waals surface area contributed by atoms with Crippen LogP contribution in [0.15, 0.2) is 97.1 Å². The average molecular weight is 361 g/mol. The van der Waals surface area contributed by atoms with E-state index in [2.05, 4.69) is 110 Å². The van der Waals surface area contributed by atoms with Crippen molar-refractivity contribution >= 4 is 11.4 Å². The Hall–Kier alpha value is -3.32. The lowest BCUT2D eigenvalue weighted by Crippen LogP contribution is -2.15. The number of fused-ring (bicyclic) bond motifs is 3. The summed E-state index contributed by atoms with van der Waals surface area (Å²) in [5.74, 6) is 0. The lowest BCUT2D eigenvalue weighted by Gasteiger charge is -2.22. The van der Waals surface area contributed by atoms with Crippen molar-refractivity contribution < 1.29 is 0 Å². The van der Waals surface area contributed by atoms with E-state index in [-0.39, 0.29) is 5.41 Å². The zero-order valence-corrected chi connectivity index (χ0v) is 16.2. The molecule has 136 valence electrons. The molecule has 1 aliphatic rings. The van der Waals surface area contributed by atoms with Crippen LogP contribution in [-0.4, -0.2) is 0 Å². The van der Waals surface area contributed by atoms with E-state index in [1.54, 1.807) is 0 Å². The van der Waals surface area contributed by atoms with E-state index in [4.69, 9.17) is 0 Å². The Kier molecular flexibility index (Phi) is 3.84. The Balaban J connectivity index is 1.59. The number of hydrogen-bond acceptors (Lipinski definition) is 1. The number of anilines is 2. The summed E-state index contributed by atoms with van der Waals surface area (Å²) < 4.78 is 0. The van der Waals surface area contributed by atoms with E-state index in [1.807, 2.05) is 6.07 Å². The number of rotatable bonds is 3. The first-order valence-corrected chi connectivity index (χ1v) is 9.80. The van der Waals surface area contributed by atoms with Crippen LogP contribution < -0.4 is 5.32 Å². The third kappa shape index (κ3) is 2.71. The van der Waals surface area contributed by atoms with Gasteiger partial charge in [0.1, 0.15) is 0 Å². The third-order valence-corrected chi connectivity index (χ3v) is 5.85. The molecule has 1 heteroatoms. The molecule has 5 rings (SSSR count). The van der Waals surface area contributed by atoms with Crippen molar-refractivity contribution in [1.29, 1.82) is 0 Å². The van der Waals surface area contributed by atoms with Crippen LogP contribution in [0.2, 0.25) is 0 Å². The van der Waals surface area contributed by atoms with Crippen molar-refractivity contribution in [2.45, 2.75) is 19.3 Å². The quantitative estimate of drug-likeness (QED) is 0.401. The van der Waals surface area contributed by atoms with Gasteiger partial charge in [0.15, 0.2) is 0 Å². The van der Waals surface area contributed by atoms with E-state index >= 15 is 0 Å². The van der Waals surface area contributed by atoms with Gasteiger partial charge < -0.3 is 5.32 Å². The van der Waals surface area contributed by atoms with Gasteiger partial charge in [-0.25, -0.2) is 0 Å². The molecule has 28 heavy (non-hydrogen) atoms. The first-order valence-electron chi connectivity index (χ1n) is 9.80. The topological polar surface area (TPSA) is 12.0 Å². The fourth-order valence-corrected chi connectivity index (χ4v) is 4.33. The van der Waals surface area contributed by atoms with Gasteiger partial charge in [-0.1, -0.05) is 80.6 Å². The van der Waals surface area contributed by atoms with E-state index in [9.17, 15) is 0 Å². The number of benzene rings is 4. The molecule has 1 N–H and O–H groups in total. The summed E-state index contributed by atoms with van der Waals surface area (Å²) in [5, 5.41) is 3.54. The normalized spacial score (nSPS) is 13.6. The van der Waals surface area contributed by atoms with Crippen LogP contribution in [0, 0.1) is 0 Å². The predicted octanol–water partition coefficient (Wildman–Crippen LogP) is 7.40. The van der Waals surface area contributed by atoms with Crippen LogP contribution in [0.3, 0.4) is 0 Å². The second-order valence-electron chi connectivity index (χ2n) is 8.00. The van der Waals surface area contributed by atoms with Crippen molar-refractivity contribution in [3.8, 4) is 22.3 Å². The summed E-state index contributed by atoms with van der Waals surface area (Å²) in [6, 6.07) is 34.6. The molecular formula is C27H23N. The maximum Gasteiger partial charge on any atom is 0.0387 e. The second-order valence-corrected chi connectivity index (χ2v) is 8.00. The van der Waals surface area contributed by atoms with Crippen LogP contribution in [0.4, 0.5) is 11.4 Å². The SMILES string of the molecule is CC1(C)c2ccc(-c3ccccc3)cc2-c2ccc(Nc3ccccc3)cc21. The summed E-state index contributed by atoms with van der Waals surface area (Å²) in [5.41, 5.74) is 10.3.